The number of hydrogen-bond acceptors (Lipinski definition) is 4. The van der Waals surface area contributed by atoms with Gasteiger partial charge in [-0.1, -0.05) is 0 Å². The lowest BCUT2D eigenvalue weighted by Gasteiger charge is -2.24. The van der Waals surface area contributed by atoms with Gasteiger partial charge < -0.3 is 11.5 Å². The molecular weight excluding hydrogens is 353 g/mol. The number of sulfonamides is 1. The quantitative estimate of drug-likeness (QED) is 0.675. The first kappa shape index (κ1) is 16.9. The first-order valence-electron chi connectivity index (χ1n) is 5.51. The number of benzene rings is 1. The summed E-state index contributed by atoms with van der Waals surface area (Å²) in [5, 5.41) is 0. The van der Waals surface area contributed by atoms with E-state index < -0.39 is 32.2 Å². The third-order valence-corrected chi connectivity index (χ3v) is 4.61. The van der Waals surface area contributed by atoms with Crippen LogP contribution in [0.1, 0.15) is 20.3 Å². The highest BCUT2D eigenvalue weighted by Crippen LogP contribution is 2.27. The lowest BCUT2D eigenvalue weighted by atomic mass is 10.0. The van der Waals surface area contributed by atoms with Gasteiger partial charge in [-0.05, 0) is 41.9 Å². The first-order chi connectivity index (χ1) is 8.94. The number of carbonyl (C=O) groups is 1. The zero-order valence-corrected chi connectivity index (χ0v) is 13.3. The van der Waals surface area contributed by atoms with Gasteiger partial charge >= 0.3 is 0 Å². The molecule has 1 rings (SSSR count). The number of anilines is 1. The van der Waals surface area contributed by atoms with E-state index in [0.29, 0.717) is 0 Å². The van der Waals surface area contributed by atoms with E-state index in [9.17, 15) is 17.6 Å². The topological polar surface area (TPSA) is 115 Å². The smallest absolute Gasteiger partial charge is 0.244 e. The molecule has 0 unspecified atom stereocenters. The van der Waals surface area contributed by atoms with Crippen LogP contribution in [0.5, 0.6) is 0 Å². The van der Waals surface area contributed by atoms with Crippen LogP contribution >= 0.6 is 15.9 Å². The van der Waals surface area contributed by atoms with Crippen molar-refractivity contribution in [1.29, 1.82) is 0 Å². The number of nitrogen functional groups attached to an aromatic ring is 1. The fourth-order valence-corrected chi connectivity index (χ4v) is 3.83. The second-order valence-corrected chi connectivity index (χ2v) is 7.45. The minimum Gasteiger partial charge on any atom is -0.399 e. The van der Waals surface area contributed by atoms with Crippen molar-refractivity contribution in [2.75, 3.05) is 5.73 Å². The number of amides is 1. The molecule has 0 atom stereocenters. The van der Waals surface area contributed by atoms with Crippen LogP contribution in [0.4, 0.5) is 10.1 Å². The Morgan fingerprint density at radius 1 is 1.45 bits per heavy atom. The standard InChI is InChI=1S/C11H15BrFN3O3S/c1-11(2,5-9(15)17)16-20(18,19)8-4-6(14)3-7(12)10(8)13/h3-4,16H,5,14H2,1-2H3,(H2,15,17). The van der Waals surface area contributed by atoms with E-state index in [1.807, 2.05) is 0 Å². The molecule has 112 valence electrons. The number of primary amides is 1. The van der Waals surface area contributed by atoms with Gasteiger partial charge in [-0.15, -0.1) is 0 Å². The molecule has 1 aromatic carbocycles. The number of nitrogens with one attached hydrogen (secondary N) is 1. The van der Waals surface area contributed by atoms with E-state index in [-0.39, 0.29) is 16.6 Å². The first-order valence-corrected chi connectivity index (χ1v) is 7.79. The van der Waals surface area contributed by atoms with Crippen LogP contribution < -0.4 is 16.2 Å². The zero-order valence-electron chi connectivity index (χ0n) is 10.9. The Morgan fingerprint density at radius 3 is 2.50 bits per heavy atom. The van der Waals surface area contributed by atoms with Gasteiger partial charge in [0.15, 0.2) is 5.82 Å². The number of halogens is 2. The summed E-state index contributed by atoms with van der Waals surface area (Å²) in [5.41, 5.74) is 9.49. The Morgan fingerprint density at radius 2 is 2.00 bits per heavy atom. The summed E-state index contributed by atoms with van der Waals surface area (Å²) in [6, 6.07) is 2.26. The number of hydrogen-bond donors (Lipinski definition) is 3. The van der Waals surface area contributed by atoms with Gasteiger partial charge in [0.25, 0.3) is 0 Å². The number of carbonyl (C=O) groups excluding carboxylic acids is 1. The normalized spacial score (nSPS) is 12.4. The second-order valence-electron chi connectivity index (χ2n) is 4.95. The van der Waals surface area contributed by atoms with E-state index in [1.165, 1.54) is 19.9 Å². The highest BCUT2D eigenvalue weighted by Gasteiger charge is 2.30. The molecule has 0 aliphatic heterocycles. The third kappa shape index (κ3) is 4.15. The summed E-state index contributed by atoms with van der Waals surface area (Å²) < 4.78 is 40.4. The van der Waals surface area contributed by atoms with Gasteiger partial charge in [0.1, 0.15) is 4.90 Å². The van der Waals surface area contributed by atoms with Crippen molar-refractivity contribution in [1.82, 2.24) is 4.72 Å². The number of rotatable bonds is 5. The van der Waals surface area contributed by atoms with Crippen molar-refractivity contribution in [3.8, 4) is 0 Å². The molecule has 0 radical (unpaired) electrons. The van der Waals surface area contributed by atoms with Crippen LogP contribution in [-0.2, 0) is 14.8 Å². The van der Waals surface area contributed by atoms with Crippen molar-refractivity contribution >= 4 is 37.5 Å². The summed E-state index contributed by atoms with van der Waals surface area (Å²) >= 11 is 2.89. The highest BCUT2D eigenvalue weighted by atomic mass is 79.9. The molecular formula is C11H15BrFN3O3S. The van der Waals surface area contributed by atoms with Crippen molar-refractivity contribution in [3.63, 3.8) is 0 Å². The maximum atomic E-state index is 13.9. The monoisotopic (exact) mass is 367 g/mol. The van der Waals surface area contributed by atoms with Crippen LogP contribution in [0.15, 0.2) is 21.5 Å². The van der Waals surface area contributed by atoms with E-state index in [4.69, 9.17) is 11.5 Å². The minimum atomic E-state index is -4.18. The van der Waals surface area contributed by atoms with E-state index in [2.05, 4.69) is 20.7 Å². The zero-order chi connectivity index (χ0) is 15.7. The van der Waals surface area contributed by atoms with Crippen LogP contribution in [0.3, 0.4) is 0 Å². The lowest BCUT2D eigenvalue weighted by molar-refractivity contribution is -0.119. The van der Waals surface area contributed by atoms with E-state index in [1.54, 1.807) is 0 Å². The maximum Gasteiger partial charge on any atom is 0.244 e. The fourth-order valence-electron chi connectivity index (χ4n) is 1.67. The van der Waals surface area contributed by atoms with Gasteiger partial charge in [0.2, 0.25) is 15.9 Å². The summed E-state index contributed by atoms with van der Waals surface area (Å²) in [5.74, 6) is -1.63. The molecule has 0 aliphatic carbocycles. The van der Waals surface area contributed by atoms with Crippen molar-refractivity contribution in [2.24, 2.45) is 5.73 Å². The van der Waals surface area contributed by atoms with Crippen LogP contribution in [0, 0.1) is 5.82 Å². The van der Waals surface area contributed by atoms with Gasteiger partial charge in [0, 0.05) is 17.6 Å². The van der Waals surface area contributed by atoms with Crippen molar-refractivity contribution in [2.45, 2.75) is 30.7 Å². The summed E-state index contributed by atoms with van der Waals surface area (Å²) in [7, 11) is -4.18. The summed E-state index contributed by atoms with van der Waals surface area (Å²) in [6.45, 7) is 2.93. The Kier molecular flexibility index (Phi) is 4.78. The molecule has 5 N–H and O–H groups in total. The van der Waals surface area contributed by atoms with E-state index >= 15 is 0 Å². The van der Waals surface area contributed by atoms with Crippen LogP contribution in [0.2, 0.25) is 0 Å². The van der Waals surface area contributed by atoms with Gasteiger partial charge in [-0.2, -0.15) is 0 Å². The molecule has 0 heterocycles. The lowest BCUT2D eigenvalue weighted by Crippen LogP contribution is -2.46. The van der Waals surface area contributed by atoms with E-state index in [0.717, 1.165) is 6.07 Å². The van der Waals surface area contributed by atoms with Crippen molar-refractivity contribution < 1.29 is 17.6 Å². The van der Waals surface area contributed by atoms with Crippen molar-refractivity contribution in [3.05, 3.63) is 22.4 Å². The minimum absolute atomic E-state index is 0.0643. The highest BCUT2D eigenvalue weighted by molar-refractivity contribution is 9.10. The molecule has 0 saturated heterocycles. The van der Waals surface area contributed by atoms with Crippen LogP contribution in [0.25, 0.3) is 0 Å². The molecule has 0 spiro atoms. The molecule has 0 aromatic heterocycles. The van der Waals surface area contributed by atoms with Crippen LogP contribution in [-0.4, -0.2) is 19.9 Å². The van der Waals surface area contributed by atoms with Gasteiger partial charge in [0.05, 0.1) is 4.47 Å². The van der Waals surface area contributed by atoms with Gasteiger partial charge in [-0.25, -0.2) is 17.5 Å². The molecule has 1 aromatic rings. The molecule has 20 heavy (non-hydrogen) atoms. The molecule has 0 aliphatic rings. The maximum absolute atomic E-state index is 13.9. The Hall–Kier alpha value is -1.19. The average Bonchev–Trinajstić information content (AvgIpc) is 2.19. The predicted molar refractivity (Wildman–Crippen MR) is 76.7 cm³/mol. The summed E-state index contributed by atoms with van der Waals surface area (Å²) in [6.07, 6.45) is -0.225. The molecule has 9 heteroatoms. The largest absolute Gasteiger partial charge is 0.399 e. The SMILES string of the molecule is CC(C)(CC(N)=O)NS(=O)(=O)c1cc(N)cc(Br)c1F. The fraction of sp³-hybridized carbons (Fsp3) is 0.364. The second kappa shape index (κ2) is 5.66. The predicted octanol–water partition coefficient (Wildman–Crippen LogP) is 1.10. The summed E-state index contributed by atoms with van der Waals surface area (Å²) in [4.78, 5) is 10.3. The molecule has 0 saturated carbocycles. The van der Waals surface area contributed by atoms with Gasteiger partial charge in [-0.3, -0.25) is 4.79 Å². The Balaban J connectivity index is 3.22. The molecule has 0 fully saturated rings. The third-order valence-electron chi connectivity index (χ3n) is 2.33. The Labute approximate surface area is 124 Å². The number of nitrogens with two attached hydrogens (primary N) is 2. The Bertz CT molecular complexity index is 647. The molecule has 1 amide bonds. The average molecular weight is 368 g/mol. The molecule has 0 bridgehead atoms. The molecule has 6 nitrogen and oxygen atoms in total.